The summed E-state index contributed by atoms with van der Waals surface area (Å²) in [4.78, 5) is 15.2. The van der Waals surface area contributed by atoms with Gasteiger partial charge in [0, 0.05) is 23.7 Å². The zero-order chi connectivity index (χ0) is 19.6. The third-order valence-corrected chi connectivity index (χ3v) is 5.59. The minimum Gasteiger partial charge on any atom is -0.373 e. The van der Waals surface area contributed by atoms with E-state index in [4.69, 9.17) is 16.3 Å². The van der Waals surface area contributed by atoms with Crippen molar-refractivity contribution in [1.82, 2.24) is 15.1 Å². The summed E-state index contributed by atoms with van der Waals surface area (Å²) in [7, 11) is 0. The maximum absolute atomic E-state index is 13.0. The largest absolute Gasteiger partial charge is 0.373 e. The fourth-order valence-corrected chi connectivity index (χ4v) is 4.46. The second-order valence-corrected chi connectivity index (χ2v) is 8.73. The zero-order valence-electron chi connectivity index (χ0n) is 16.0. The summed E-state index contributed by atoms with van der Waals surface area (Å²) in [6.45, 7) is 9.69. The molecular formula is C19H25ClN4O2S. The van der Waals surface area contributed by atoms with Crippen LogP contribution in [0.3, 0.4) is 0 Å². The first-order valence-corrected chi connectivity index (χ1v) is 10.3. The molecule has 8 heteroatoms. The van der Waals surface area contributed by atoms with Crippen LogP contribution in [-0.4, -0.2) is 52.3 Å². The Kier molecular flexibility index (Phi) is 6.47. The maximum Gasteiger partial charge on any atom is 0.243 e. The molecule has 1 saturated heterocycles. The van der Waals surface area contributed by atoms with E-state index in [0.29, 0.717) is 10.2 Å². The summed E-state index contributed by atoms with van der Waals surface area (Å²) >= 11 is 7.39. The average molecular weight is 409 g/mol. The van der Waals surface area contributed by atoms with Gasteiger partial charge in [0.1, 0.15) is 5.01 Å². The highest BCUT2D eigenvalue weighted by molar-refractivity contribution is 7.18. The minimum absolute atomic E-state index is 0.0555. The highest BCUT2D eigenvalue weighted by Gasteiger charge is 2.34. The summed E-state index contributed by atoms with van der Waals surface area (Å²) in [5.41, 5.74) is 0.886. The van der Waals surface area contributed by atoms with Crippen molar-refractivity contribution in [2.24, 2.45) is 5.92 Å². The van der Waals surface area contributed by atoms with E-state index in [1.807, 2.05) is 38.1 Å². The van der Waals surface area contributed by atoms with Gasteiger partial charge in [0.05, 0.1) is 18.2 Å². The van der Waals surface area contributed by atoms with Crippen molar-refractivity contribution in [3.05, 3.63) is 29.3 Å². The number of halogens is 1. The Morgan fingerprint density at radius 2 is 2.00 bits per heavy atom. The van der Waals surface area contributed by atoms with Crippen molar-refractivity contribution >= 4 is 34.0 Å². The normalized spacial score (nSPS) is 22.0. The van der Waals surface area contributed by atoms with E-state index in [1.165, 1.54) is 11.3 Å². The number of aromatic nitrogens is 2. The number of carbonyl (C=O) groups is 1. The first-order chi connectivity index (χ1) is 12.8. The molecule has 1 aliphatic heterocycles. The molecule has 1 N–H and O–H groups in total. The maximum atomic E-state index is 13.0. The van der Waals surface area contributed by atoms with Crippen molar-refractivity contribution in [3.63, 3.8) is 0 Å². The first kappa shape index (κ1) is 20.2. The molecule has 0 saturated carbocycles. The van der Waals surface area contributed by atoms with Gasteiger partial charge in [0.25, 0.3) is 0 Å². The SMILES string of the molecule is CC1CN(C(C(=O)Nc2nnc(-c3cccc(Cl)c3)s2)C(C)C)CC(C)O1. The minimum atomic E-state index is -0.239. The van der Waals surface area contributed by atoms with Crippen LogP contribution < -0.4 is 5.32 Å². The van der Waals surface area contributed by atoms with E-state index in [-0.39, 0.29) is 30.1 Å². The fraction of sp³-hybridized carbons (Fsp3) is 0.526. The standard InChI is InChI=1S/C19H25ClN4O2S/c1-11(2)16(24-9-12(3)26-13(4)10-24)17(25)21-19-23-22-18(27-19)14-6-5-7-15(20)8-14/h5-8,11-13,16H,9-10H2,1-4H3,(H,21,23,25). The van der Waals surface area contributed by atoms with Gasteiger partial charge in [-0.1, -0.05) is 48.9 Å². The Bertz CT molecular complexity index is 788. The van der Waals surface area contributed by atoms with Crippen LogP contribution in [0, 0.1) is 5.92 Å². The van der Waals surface area contributed by atoms with Gasteiger partial charge >= 0.3 is 0 Å². The number of amides is 1. The van der Waals surface area contributed by atoms with E-state index >= 15 is 0 Å². The van der Waals surface area contributed by atoms with Gasteiger partial charge in [-0.25, -0.2) is 0 Å². The van der Waals surface area contributed by atoms with Gasteiger partial charge in [0.15, 0.2) is 0 Å². The highest BCUT2D eigenvalue weighted by Crippen LogP contribution is 2.28. The van der Waals surface area contributed by atoms with Crippen LogP contribution in [0.25, 0.3) is 10.6 Å². The fourth-order valence-electron chi connectivity index (χ4n) is 3.53. The van der Waals surface area contributed by atoms with E-state index in [0.717, 1.165) is 23.7 Å². The van der Waals surface area contributed by atoms with Gasteiger partial charge in [-0.2, -0.15) is 0 Å². The average Bonchev–Trinajstić information content (AvgIpc) is 3.02. The van der Waals surface area contributed by atoms with Crippen molar-refractivity contribution in [3.8, 4) is 10.6 Å². The Labute approximate surface area is 168 Å². The molecule has 0 spiro atoms. The van der Waals surface area contributed by atoms with Crippen LogP contribution in [0.5, 0.6) is 0 Å². The van der Waals surface area contributed by atoms with Gasteiger partial charge in [-0.15, -0.1) is 10.2 Å². The molecule has 27 heavy (non-hydrogen) atoms. The lowest BCUT2D eigenvalue weighted by atomic mass is 10.00. The molecule has 6 nitrogen and oxygen atoms in total. The van der Waals surface area contributed by atoms with Crippen LogP contribution in [-0.2, 0) is 9.53 Å². The second kappa shape index (κ2) is 8.65. The molecule has 0 aliphatic carbocycles. The molecule has 1 amide bonds. The van der Waals surface area contributed by atoms with Gasteiger partial charge in [-0.05, 0) is 31.9 Å². The van der Waals surface area contributed by atoms with Crippen LogP contribution in [0.1, 0.15) is 27.7 Å². The van der Waals surface area contributed by atoms with Crippen LogP contribution in [0.2, 0.25) is 5.02 Å². The second-order valence-electron chi connectivity index (χ2n) is 7.31. The van der Waals surface area contributed by atoms with Crippen LogP contribution in [0.15, 0.2) is 24.3 Å². The summed E-state index contributed by atoms with van der Waals surface area (Å²) < 4.78 is 5.80. The van der Waals surface area contributed by atoms with Crippen LogP contribution >= 0.6 is 22.9 Å². The molecule has 2 heterocycles. The molecule has 2 aromatic rings. The Morgan fingerprint density at radius 3 is 2.63 bits per heavy atom. The van der Waals surface area contributed by atoms with Crippen molar-refractivity contribution < 1.29 is 9.53 Å². The highest BCUT2D eigenvalue weighted by atomic mass is 35.5. The molecule has 3 atom stereocenters. The molecule has 1 fully saturated rings. The number of anilines is 1. The lowest BCUT2D eigenvalue weighted by Crippen LogP contribution is -2.55. The number of nitrogens with one attached hydrogen (secondary N) is 1. The lowest BCUT2D eigenvalue weighted by Gasteiger charge is -2.40. The Morgan fingerprint density at radius 1 is 1.30 bits per heavy atom. The number of hydrogen-bond acceptors (Lipinski definition) is 6. The molecule has 3 rings (SSSR count). The lowest BCUT2D eigenvalue weighted by molar-refractivity contribution is -0.130. The molecule has 1 aromatic carbocycles. The van der Waals surface area contributed by atoms with Crippen LogP contribution in [0.4, 0.5) is 5.13 Å². The summed E-state index contributed by atoms with van der Waals surface area (Å²) in [6.07, 6.45) is 0.220. The van der Waals surface area contributed by atoms with Crippen molar-refractivity contribution in [2.75, 3.05) is 18.4 Å². The number of rotatable bonds is 5. The topological polar surface area (TPSA) is 67.4 Å². The predicted octanol–water partition coefficient (Wildman–Crippen LogP) is 3.93. The number of carbonyl (C=O) groups excluding carboxylic acids is 1. The first-order valence-electron chi connectivity index (χ1n) is 9.13. The predicted molar refractivity (Wildman–Crippen MR) is 109 cm³/mol. The molecular weight excluding hydrogens is 384 g/mol. The van der Waals surface area contributed by atoms with E-state index < -0.39 is 0 Å². The Balaban J connectivity index is 1.73. The smallest absolute Gasteiger partial charge is 0.243 e. The molecule has 146 valence electrons. The summed E-state index contributed by atoms with van der Waals surface area (Å²) in [6, 6.07) is 7.20. The third-order valence-electron chi connectivity index (χ3n) is 4.47. The van der Waals surface area contributed by atoms with Crippen molar-refractivity contribution in [1.29, 1.82) is 0 Å². The van der Waals surface area contributed by atoms with Gasteiger partial charge in [0.2, 0.25) is 11.0 Å². The zero-order valence-corrected chi connectivity index (χ0v) is 17.5. The molecule has 1 aromatic heterocycles. The monoisotopic (exact) mass is 408 g/mol. The molecule has 3 unspecified atom stereocenters. The number of hydrogen-bond donors (Lipinski definition) is 1. The summed E-state index contributed by atoms with van der Waals surface area (Å²) in [5, 5.41) is 13.1. The number of nitrogens with zero attached hydrogens (tertiary/aromatic N) is 3. The quantitative estimate of drug-likeness (QED) is 0.811. The van der Waals surface area contributed by atoms with E-state index in [2.05, 4.69) is 34.3 Å². The molecule has 0 radical (unpaired) electrons. The number of benzene rings is 1. The van der Waals surface area contributed by atoms with Crippen molar-refractivity contribution in [2.45, 2.75) is 45.9 Å². The Hall–Kier alpha value is -1.54. The summed E-state index contributed by atoms with van der Waals surface area (Å²) in [5.74, 6) is 0.114. The van der Waals surface area contributed by atoms with Gasteiger partial charge in [-0.3, -0.25) is 15.0 Å². The van der Waals surface area contributed by atoms with Gasteiger partial charge < -0.3 is 4.74 Å². The number of morpholine rings is 1. The third kappa shape index (κ3) is 5.04. The van der Waals surface area contributed by atoms with E-state index in [1.54, 1.807) is 0 Å². The molecule has 0 bridgehead atoms. The number of ether oxygens (including phenoxy) is 1. The molecule has 1 aliphatic rings. The van der Waals surface area contributed by atoms with E-state index in [9.17, 15) is 4.79 Å².